The number of furan rings is 1. The number of halogens is 2. The Morgan fingerprint density at radius 3 is 2.68 bits per heavy atom. The van der Waals surface area contributed by atoms with Gasteiger partial charge in [0, 0.05) is 17.2 Å². The minimum Gasteiger partial charge on any atom is -0.478 e. The topological polar surface area (TPSA) is 87.8 Å². The van der Waals surface area contributed by atoms with Crippen molar-refractivity contribution in [2.24, 2.45) is 0 Å². The fourth-order valence-corrected chi connectivity index (χ4v) is 4.01. The van der Waals surface area contributed by atoms with E-state index in [0.717, 1.165) is 16.7 Å². The smallest absolute Gasteiger partial charge is 0.335 e. The van der Waals surface area contributed by atoms with E-state index < -0.39 is 22.9 Å². The first-order valence-corrected chi connectivity index (χ1v) is 10.1. The van der Waals surface area contributed by atoms with Crippen molar-refractivity contribution >= 4 is 46.6 Å². The molecule has 0 saturated carbocycles. The first kappa shape index (κ1) is 20.9. The second-order valence-electron chi connectivity index (χ2n) is 6.56. The van der Waals surface area contributed by atoms with E-state index in [9.17, 15) is 18.8 Å². The summed E-state index contributed by atoms with van der Waals surface area (Å²) in [6, 6.07) is 13.3. The second kappa shape index (κ2) is 8.41. The Hall–Kier alpha value is -3.36. The monoisotopic (exact) mass is 457 g/mol. The molecule has 2 aromatic carbocycles. The molecule has 6 nitrogen and oxygen atoms in total. The van der Waals surface area contributed by atoms with E-state index in [1.54, 1.807) is 18.2 Å². The summed E-state index contributed by atoms with van der Waals surface area (Å²) in [5.74, 6) is -1.56. The van der Waals surface area contributed by atoms with Crippen LogP contribution >= 0.6 is 23.4 Å². The van der Waals surface area contributed by atoms with Crippen LogP contribution in [0, 0.1) is 5.82 Å². The fraction of sp³-hybridized carbons (Fsp3) is 0.0455. The number of carbonyl (C=O) groups excluding carboxylic acids is 2. The van der Waals surface area contributed by atoms with Crippen LogP contribution in [0.15, 0.2) is 63.9 Å². The molecule has 1 aliphatic heterocycles. The fourth-order valence-electron chi connectivity index (χ4n) is 2.98. The van der Waals surface area contributed by atoms with Gasteiger partial charge in [-0.3, -0.25) is 14.5 Å². The summed E-state index contributed by atoms with van der Waals surface area (Å²) in [5.41, 5.74) is 0.666. The zero-order valence-electron chi connectivity index (χ0n) is 15.7. The van der Waals surface area contributed by atoms with Crippen molar-refractivity contribution in [3.63, 3.8) is 0 Å². The lowest BCUT2D eigenvalue weighted by Crippen LogP contribution is -2.27. The third-order valence-electron chi connectivity index (χ3n) is 4.54. The average molecular weight is 458 g/mol. The van der Waals surface area contributed by atoms with Gasteiger partial charge in [-0.15, -0.1) is 0 Å². The zero-order chi connectivity index (χ0) is 22.1. The molecule has 31 heavy (non-hydrogen) atoms. The molecule has 9 heteroatoms. The Bertz CT molecular complexity index is 1250. The Morgan fingerprint density at radius 2 is 1.94 bits per heavy atom. The summed E-state index contributed by atoms with van der Waals surface area (Å²) in [4.78, 5) is 37.2. The summed E-state index contributed by atoms with van der Waals surface area (Å²) in [6.45, 7) is -0.171. The minimum atomic E-state index is -1.10. The predicted molar refractivity (Wildman–Crippen MR) is 114 cm³/mol. The summed E-state index contributed by atoms with van der Waals surface area (Å²) in [6.07, 6.45) is 1.41. The molecular weight excluding hydrogens is 445 g/mol. The molecule has 4 rings (SSSR count). The van der Waals surface area contributed by atoms with E-state index >= 15 is 0 Å². The van der Waals surface area contributed by atoms with Gasteiger partial charge in [-0.1, -0.05) is 29.8 Å². The van der Waals surface area contributed by atoms with Crippen LogP contribution in [0.5, 0.6) is 0 Å². The number of imide groups is 1. The van der Waals surface area contributed by atoms with Gasteiger partial charge in [0.2, 0.25) is 0 Å². The van der Waals surface area contributed by atoms with Crippen LogP contribution in [0.25, 0.3) is 17.4 Å². The van der Waals surface area contributed by atoms with Crippen molar-refractivity contribution in [1.82, 2.24) is 4.90 Å². The summed E-state index contributed by atoms with van der Waals surface area (Å²) >= 11 is 6.89. The number of thioether (sulfide) groups is 1. The number of amides is 2. The van der Waals surface area contributed by atoms with Crippen LogP contribution in [0.1, 0.15) is 21.7 Å². The van der Waals surface area contributed by atoms with Crippen LogP contribution < -0.4 is 0 Å². The summed E-state index contributed by atoms with van der Waals surface area (Å²) < 4.78 is 19.6. The lowest BCUT2D eigenvalue weighted by molar-refractivity contribution is -0.123. The molecule has 1 fully saturated rings. The SMILES string of the molecule is O=C(O)c1ccc(Cl)c(-c2ccc(/C=C3\SC(=O)N(Cc4ccccc4F)C3=O)o2)c1. The maximum atomic E-state index is 13.9. The summed E-state index contributed by atoms with van der Waals surface area (Å²) in [7, 11) is 0. The quantitative estimate of drug-likeness (QED) is 0.496. The highest BCUT2D eigenvalue weighted by Gasteiger charge is 2.35. The lowest BCUT2D eigenvalue weighted by atomic mass is 10.1. The molecule has 0 bridgehead atoms. The Balaban J connectivity index is 1.58. The number of benzene rings is 2. The number of aromatic carboxylic acids is 1. The molecule has 1 aromatic heterocycles. The van der Waals surface area contributed by atoms with Crippen LogP contribution in [0.3, 0.4) is 0 Å². The molecule has 0 radical (unpaired) electrons. The molecule has 156 valence electrons. The van der Waals surface area contributed by atoms with Gasteiger partial charge in [0.15, 0.2) is 0 Å². The highest BCUT2D eigenvalue weighted by Crippen LogP contribution is 2.35. The van der Waals surface area contributed by atoms with Gasteiger partial charge in [-0.25, -0.2) is 9.18 Å². The molecule has 3 aromatic rings. The molecule has 0 aliphatic carbocycles. The number of carboxylic acid groups (broad SMARTS) is 1. The van der Waals surface area contributed by atoms with E-state index in [1.807, 2.05) is 0 Å². The molecule has 1 N–H and O–H groups in total. The largest absolute Gasteiger partial charge is 0.478 e. The minimum absolute atomic E-state index is 0.0478. The van der Waals surface area contributed by atoms with Gasteiger partial charge < -0.3 is 9.52 Å². The van der Waals surface area contributed by atoms with Crippen LogP contribution in [0.4, 0.5) is 9.18 Å². The van der Waals surface area contributed by atoms with Gasteiger partial charge in [-0.2, -0.15) is 0 Å². The van der Waals surface area contributed by atoms with Gasteiger partial charge in [-0.05, 0) is 48.2 Å². The molecule has 0 atom stereocenters. The lowest BCUT2D eigenvalue weighted by Gasteiger charge is -2.12. The van der Waals surface area contributed by atoms with Gasteiger partial charge in [0.25, 0.3) is 11.1 Å². The Morgan fingerprint density at radius 1 is 1.16 bits per heavy atom. The number of rotatable bonds is 5. The molecule has 0 unspecified atom stereocenters. The molecule has 2 amide bonds. The molecular formula is C22H13ClFNO5S. The van der Waals surface area contributed by atoms with Crippen molar-refractivity contribution in [2.45, 2.75) is 6.54 Å². The number of nitrogens with zero attached hydrogens (tertiary/aromatic N) is 1. The van der Waals surface area contributed by atoms with Crippen molar-refractivity contribution in [3.8, 4) is 11.3 Å². The van der Waals surface area contributed by atoms with E-state index in [2.05, 4.69) is 0 Å². The first-order chi connectivity index (χ1) is 14.8. The number of hydrogen-bond donors (Lipinski definition) is 1. The first-order valence-electron chi connectivity index (χ1n) is 8.95. The van der Waals surface area contributed by atoms with E-state index in [1.165, 1.54) is 42.5 Å². The van der Waals surface area contributed by atoms with Crippen LogP contribution in [-0.4, -0.2) is 27.1 Å². The van der Waals surface area contributed by atoms with Crippen molar-refractivity contribution < 1.29 is 28.3 Å². The summed E-state index contributed by atoms with van der Waals surface area (Å²) in [5, 5.41) is 8.95. The van der Waals surface area contributed by atoms with E-state index in [4.69, 9.17) is 21.1 Å². The molecule has 1 aliphatic rings. The molecule has 2 heterocycles. The molecule has 0 spiro atoms. The van der Waals surface area contributed by atoms with Gasteiger partial charge in [0.1, 0.15) is 17.3 Å². The molecule has 1 saturated heterocycles. The zero-order valence-corrected chi connectivity index (χ0v) is 17.2. The normalized spacial score (nSPS) is 15.2. The second-order valence-corrected chi connectivity index (χ2v) is 7.96. The van der Waals surface area contributed by atoms with E-state index in [0.29, 0.717) is 16.3 Å². The van der Waals surface area contributed by atoms with Crippen molar-refractivity contribution in [2.75, 3.05) is 0 Å². The third-order valence-corrected chi connectivity index (χ3v) is 5.78. The van der Waals surface area contributed by atoms with Gasteiger partial charge in [0.05, 0.1) is 22.0 Å². The Kier molecular flexibility index (Phi) is 5.67. The van der Waals surface area contributed by atoms with Crippen LogP contribution in [-0.2, 0) is 11.3 Å². The van der Waals surface area contributed by atoms with Crippen LogP contribution in [0.2, 0.25) is 5.02 Å². The van der Waals surface area contributed by atoms with Gasteiger partial charge >= 0.3 is 5.97 Å². The standard InChI is InChI=1S/C22H13ClFNO5S/c23-16-7-5-12(21(27)28)9-15(16)18-8-6-14(30-18)10-19-20(26)25(22(29)31-19)11-13-3-1-2-4-17(13)24/h1-10H,11H2,(H,27,28)/b19-10-. The predicted octanol–water partition coefficient (Wildman–Crippen LogP) is 5.67. The van der Waals surface area contributed by atoms with Crippen molar-refractivity contribution in [1.29, 1.82) is 0 Å². The van der Waals surface area contributed by atoms with E-state index in [-0.39, 0.29) is 28.3 Å². The highest BCUT2D eigenvalue weighted by molar-refractivity contribution is 8.18. The number of carboxylic acids is 1. The Labute approximate surface area is 184 Å². The maximum Gasteiger partial charge on any atom is 0.335 e. The number of carbonyl (C=O) groups is 3. The third kappa shape index (κ3) is 4.26. The number of hydrogen-bond acceptors (Lipinski definition) is 5. The maximum absolute atomic E-state index is 13.9. The average Bonchev–Trinajstić information content (AvgIpc) is 3.30. The highest BCUT2D eigenvalue weighted by atomic mass is 35.5. The van der Waals surface area contributed by atoms with Crippen molar-refractivity contribution in [3.05, 3.63) is 87.2 Å².